The Morgan fingerprint density at radius 2 is 2.17 bits per heavy atom. The van der Waals surface area contributed by atoms with Crippen molar-refractivity contribution in [2.45, 2.75) is 13.5 Å². The number of benzene rings is 1. The van der Waals surface area contributed by atoms with E-state index < -0.39 is 0 Å². The Morgan fingerprint density at radius 3 is 2.83 bits per heavy atom. The Bertz CT molecular complexity index is 635. The van der Waals surface area contributed by atoms with Crippen molar-refractivity contribution in [2.75, 3.05) is 26.2 Å². The van der Waals surface area contributed by atoms with Crippen LogP contribution in [-0.4, -0.2) is 47.9 Å². The molecule has 0 aliphatic carbocycles. The maximum atomic E-state index is 12.2. The van der Waals surface area contributed by atoms with E-state index in [2.05, 4.69) is 10.4 Å². The summed E-state index contributed by atoms with van der Waals surface area (Å²) in [6, 6.07) is 5.43. The molecule has 24 heavy (non-hydrogen) atoms. The van der Waals surface area contributed by atoms with E-state index in [0.717, 1.165) is 37.3 Å². The van der Waals surface area contributed by atoms with Crippen molar-refractivity contribution in [3.8, 4) is 0 Å². The van der Waals surface area contributed by atoms with Crippen molar-refractivity contribution in [2.24, 2.45) is 16.7 Å². The number of halogens is 1. The number of amidine groups is 1. The second kappa shape index (κ2) is 8.68. The summed E-state index contributed by atoms with van der Waals surface area (Å²) in [5.74, 6) is 6.18. The first-order valence-electron chi connectivity index (χ1n) is 7.75. The van der Waals surface area contributed by atoms with Crippen molar-refractivity contribution in [3.05, 3.63) is 40.4 Å². The highest BCUT2D eigenvalue weighted by Crippen LogP contribution is 2.19. The van der Waals surface area contributed by atoms with Crippen LogP contribution in [0.25, 0.3) is 6.08 Å². The number of carbonyl (C=O) groups is 1. The molecule has 7 nitrogen and oxygen atoms in total. The molecule has 1 aliphatic heterocycles. The van der Waals surface area contributed by atoms with Gasteiger partial charge in [-0.2, -0.15) is 0 Å². The highest BCUT2D eigenvalue weighted by Gasteiger charge is 2.13. The lowest BCUT2D eigenvalue weighted by Gasteiger charge is -2.26. The minimum absolute atomic E-state index is 0.00201. The second-order valence-corrected chi connectivity index (χ2v) is 6.03. The Hall–Kier alpha value is -2.09. The predicted molar refractivity (Wildman–Crippen MR) is 97.0 cm³/mol. The third-order valence-electron chi connectivity index (χ3n) is 3.56. The summed E-state index contributed by atoms with van der Waals surface area (Å²) in [7, 11) is 0. The molecule has 1 heterocycles. The molecule has 0 aromatic heterocycles. The molecule has 0 unspecified atom stereocenters. The molecule has 130 valence electrons. The fourth-order valence-corrected chi connectivity index (χ4v) is 2.63. The van der Waals surface area contributed by atoms with Crippen LogP contribution in [-0.2, 0) is 11.3 Å². The number of hydrazine groups is 1. The van der Waals surface area contributed by atoms with Gasteiger partial charge in [0, 0.05) is 37.3 Å². The molecule has 0 radical (unpaired) electrons. The van der Waals surface area contributed by atoms with Crippen LogP contribution in [0.5, 0.6) is 0 Å². The third kappa shape index (κ3) is 5.52. The van der Waals surface area contributed by atoms with Crippen molar-refractivity contribution in [1.82, 2.24) is 15.3 Å². The largest absolute Gasteiger partial charge is 0.386 e. The van der Waals surface area contributed by atoms with Crippen molar-refractivity contribution >= 4 is 29.4 Å². The van der Waals surface area contributed by atoms with E-state index in [1.54, 1.807) is 31.2 Å². The van der Waals surface area contributed by atoms with Gasteiger partial charge in [0.2, 0.25) is 5.91 Å². The Labute approximate surface area is 146 Å². The SMILES string of the molecule is C/C(N)=N/N(N)Cc1cc(Cl)ccc1/C=C/C(=O)N1CCNCC1. The van der Waals surface area contributed by atoms with E-state index in [1.807, 2.05) is 11.0 Å². The van der Waals surface area contributed by atoms with Crippen LogP contribution in [0, 0.1) is 0 Å². The molecule has 0 spiro atoms. The zero-order valence-electron chi connectivity index (χ0n) is 13.7. The van der Waals surface area contributed by atoms with Gasteiger partial charge in [-0.05, 0) is 36.3 Å². The van der Waals surface area contributed by atoms with E-state index in [0.29, 0.717) is 17.4 Å². The van der Waals surface area contributed by atoms with Crippen LogP contribution >= 0.6 is 11.6 Å². The van der Waals surface area contributed by atoms with Gasteiger partial charge in [-0.1, -0.05) is 17.7 Å². The number of nitrogens with zero attached hydrogens (tertiary/aromatic N) is 3. The summed E-state index contributed by atoms with van der Waals surface area (Å²) in [5, 5.41) is 9.03. The number of carbonyl (C=O) groups excluding carboxylic acids is 1. The second-order valence-electron chi connectivity index (χ2n) is 5.59. The van der Waals surface area contributed by atoms with Crippen LogP contribution in [0.2, 0.25) is 5.02 Å². The molecule has 1 aliphatic rings. The first-order valence-corrected chi connectivity index (χ1v) is 8.12. The van der Waals surface area contributed by atoms with Gasteiger partial charge in [-0.15, -0.1) is 5.10 Å². The van der Waals surface area contributed by atoms with Gasteiger partial charge in [-0.3, -0.25) is 4.79 Å². The molecule has 1 aromatic rings. The minimum atomic E-state index is -0.00201. The zero-order valence-corrected chi connectivity index (χ0v) is 14.5. The highest BCUT2D eigenvalue weighted by atomic mass is 35.5. The predicted octanol–water partition coefficient (Wildman–Crippen LogP) is 0.753. The first-order chi connectivity index (χ1) is 11.5. The molecule has 1 fully saturated rings. The number of hydrogen-bond donors (Lipinski definition) is 3. The topological polar surface area (TPSA) is 100.0 Å². The van der Waals surface area contributed by atoms with Crippen LogP contribution in [0.1, 0.15) is 18.1 Å². The van der Waals surface area contributed by atoms with Crippen molar-refractivity contribution < 1.29 is 4.79 Å². The van der Waals surface area contributed by atoms with Crippen molar-refractivity contribution in [3.63, 3.8) is 0 Å². The van der Waals surface area contributed by atoms with Crippen LogP contribution in [0.4, 0.5) is 0 Å². The van der Waals surface area contributed by atoms with Gasteiger partial charge in [0.05, 0.1) is 6.54 Å². The molecule has 1 saturated heterocycles. The molecule has 0 bridgehead atoms. The average Bonchev–Trinajstić information content (AvgIpc) is 2.54. The Kier molecular flexibility index (Phi) is 6.60. The Balaban J connectivity index is 2.12. The number of hydrogen-bond acceptors (Lipinski definition) is 5. The third-order valence-corrected chi connectivity index (χ3v) is 3.79. The summed E-state index contributed by atoms with van der Waals surface area (Å²) in [5.41, 5.74) is 7.25. The lowest BCUT2D eigenvalue weighted by Crippen LogP contribution is -2.45. The van der Waals surface area contributed by atoms with E-state index in [1.165, 1.54) is 5.12 Å². The maximum absolute atomic E-state index is 12.2. The average molecular weight is 351 g/mol. The highest BCUT2D eigenvalue weighted by molar-refractivity contribution is 6.30. The van der Waals surface area contributed by atoms with Crippen LogP contribution < -0.4 is 16.9 Å². The van der Waals surface area contributed by atoms with Gasteiger partial charge < -0.3 is 16.0 Å². The van der Waals surface area contributed by atoms with Gasteiger partial charge in [0.25, 0.3) is 0 Å². The number of piperazine rings is 1. The molecule has 0 saturated carbocycles. The minimum Gasteiger partial charge on any atom is -0.386 e. The van der Waals surface area contributed by atoms with Crippen LogP contribution in [0.3, 0.4) is 0 Å². The summed E-state index contributed by atoms with van der Waals surface area (Å²) in [4.78, 5) is 14.0. The number of nitrogens with two attached hydrogens (primary N) is 2. The quantitative estimate of drug-likeness (QED) is 0.239. The number of hydrazone groups is 1. The zero-order chi connectivity index (χ0) is 17.5. The van der Waals surface area contributed by atoms with Gasteiger partial charge in [-0.25, -0.2) is 11.0 Å². The summed E-state index contributed by atoms with van der Waals surface area (Å²) < 4.78 is 0. The normalized spacial score (nSPS) is 15.8. The Morgan fingerprint density at radius 1 is 1.46 bits per heavy atom. The summed E-state index contributed by atoms with van der Waals surface area (Å²) >= 11 is 6.06. The lowest BCUT2D eigenvalue weighted by atomic mass is 10.1. The molecular weight excluding hydrogens is 328 g/mol. The molecule has 1 aromatic carbocycles. The smallest absolute Gasteiger partial charge is 0.246 e. The maximum Gasteiger partial charge on any atom is 0.246 e. The number of rotatable bonds is 5. The first kappa shape index (κ1) is 18.3. The molecular formula is C16H23ClN6O. The molecule has 1 amide bonds. The monoisotopic (exact) mass is 350 g/mol. The van der Waals surface area contributed by atoms with Gasteiger partial charge in [0.1, 0.15) is 5.84 Å². The van der Waals surface area contributed by atoms with Gasteiger partial charge >= 0.3 is 0 Å². The molecule has 8 heteroatoms. The molecule has 2 rings (SSSR count). The fraction of sp³-hybridized carbons (Fsp3) is 0.375. The van der Waals surface area contributed by atoms with E-state index in [9.17, 15) is 4.79 Å². The lowest BCUT2D eigenvalue weighted by molar-refractivity contribution is -0.126. The number of nitrogens with one attached hydrogen (secondary N) is 1. The van der Waals surface area contributed by atoms with E-state index in [4.69, 9.17) is 23.2 Å². The van der Waals surface area contributed by atoms with E-state index in [-0.39, 0.29) is 5.91 Å². The van der Waals surface area contributed by atoms with Crippen molar-refractivity contribution in [1.29, 1.82) is 0 Å². The fourth-order valence-electron chi connectivity index (χ4n) is 2.44. The van der Waals surface area contributed by atoms with Crippen LogP contribution in [0.15, 0.2) is 29.4 Å². The molecule has 0 atom stereocenters. The summed E-state index contributed by atoms with van der Waals surface area (Å²) in [6.45, 7) is 5.07. The standard InChI is InChI=1S/C16H23ClN6O/c1-12(18)21-23(19)11-14-10-15(17)4-2-13(14)3-5-16(24)22-8-6-20-7-9-22/h2-5,10,20H,6-9,11,19H2,1H3,(H2,18,21)/b5-3+. The van der Waals surface area contributed by atoms with E-state index >= 15 is 0 Å². The van der Waals surface area contributed by atoms with Gasteiger partial charge in [0.15, 0.2) is 0 Å². The molecule has 5 N–H and O–H groups in total. The number of amides is 1. The summed E-state index contributed by atoms with van der Waals surface area (Å²) in [6.07, 6.45) is 3.36.